The molecular weight excluding hydrogens is 364 g/mol. The smallest absolute Gasteiger partial charge is 0.290 e. The summed E-state index contributed by atoms with van der Waals surface area (Å²) in [6.45, 7) is 4.32. The van der Waals surface area contributed by atoms with Crippen molar-refractivity contribution >= 4 is 24.0 Å². The maximum atomic E-state index is 13.0. The Labute approximate surface area is 161 Å². The molecule has 0 atom stereocenters. The normalized spacial score (nSPS) is 16.6. The Bertz CT molecular complexity index is 909. The van der Waals surface area contributed by atoms with E-state index in [-0.39, 0.29) is 17.4 Å². The summed E-state index contributed by atoms with van der Waals surface area (Å²) in [6.07, 6.45) is 3.37. The molecule has 148 valence electrons. The highest BCUT2D eigenvalue weighted by Gasteiger charge is 2.31. The van der Waals surface area contributed by atoms with Crippen molar-refractivity contribution in [2.45, 2.75) is 32.7 Å². The van der Waals surface area contributed by atoms with Gasteiger partial charge in [0.05, 0.1) is 5.69 Å². The van der Waals surface area contributed by atoms with E-state index in [1.54, 1.807) is 22.8 Å². The standard InChI is InChI=1S/C18H22N6O4/c1-12-10-14(21-28-12)19-17(26)15-13-4-2-3-5-24(13)16(20-15)18(27)23-8-6-22(11-25)7-9-23/h10-11H,2-9H2,1H3,(H,19,21,26). The van der Waals surface area contributed by atoms with Gasteiger partial charge in [0, 0.05) is 38.8 Å². The van der Waals surface area contributed by atoms with Crippen molar-refractivity contribution in [1.29, 1.82) is 0 Å². The van der Waals surface area contributed by atoms with E-state index in [0.29, 0.717) is 50.7 Å². The Morgan fingerprint density at radius 1 is 1.18 bits per heavy atom. The maximum absolute atomic E-state index is 13.0. The second kappa shape index (κ2) is 7.45. The van der Waals surface area contributed by atoms with Crippen LogP contribution < -0.4 is 5.32 Å². The summed E-state index contributed by atoms with van der Waals surface area (Å²) < 4.78 is 6.84. The van der Waals surface area contributed by atoms with Crippen LogP contribution in [-0.4, -0.2) is 68.9 Å². The molecule has 0 radical (unpaired) electrons. The average molecular weight is 386 g/mol. The van der Waals surface area contributed by atoms with Crippen LogP contribution in [0.3, 0.4) is 0 Å². The first-order valence-electron chi connectivity index (χ1n) is 9.39. The van der Waals surface area contributed by atoms with Crippen LogP contribution in [0.25, 0.3) is 0 Å². The number of hydrogen-bond acceptors (Lipinski definition) is 6. The largest absolute Gasteiger partial charge is 0.360 e. The second-order valence-corrected chi connectivity index (χ2v) is 7.05. The molecule has 3 amide bonds. The number of hydrogen-bond donors (Lipinski definition) is 1. The molecule has 1 fully saturated rings. The Balaban J connectivity index is 1.59. The van der Waals surface area contributed by atoms with E-state index in [4.69, 9.17) is 4.52 Å². The van der Waals surface area contributed by atoms with Crippen molar-refractivity contribution in [2.75, 3.05) is 31.5 Å². The topological polar surface area (TPSA) is 114 Å². The fourth-order valence-electron chi connectivity index (χ4n) is 3.66. The van der Waals surface area contributed by atoms with Gasteiger partial charge in [-0.25, -0.2) is 4.98 Å². The lowest BCUT2D eigenvalue weighted by Crippen LogP contribution is -2.48. The van der Waals surface area contributed by atoms with Gasteiger partial charge in [-0.2, -0.15) is 0 Å². The van der Waals surface area contributed by atoms with Gasteiger partial charge in [-0.15, -0.1) is 0 Å². The van der Waals surface area contributed by atoms with Crippen LogP contribution >= 0.6 is 0 Å². The summed E-state index contributed by atoms with van der Waals surface area (Å²) in [5.41, 5.74) is 1.04. The molecule has 0 bridgehead atoms. The first kappa shape index (κ1) is 18.2. The molecule has 0 saturated carbocycles. The van der Waals surface area contributed by atoms with Gasteiger partial charge in [0.15, 0.2) is 17.3 Å². The summed E-state index contributed by atoms with van der Waals surface area (Å²) in [7, 11) is 0. The molecule has 2 aromatic rings. The van der Waals surface area contributed by atoms with Crippen LogP contribution in [-0.2, 0) is 17.8 Å². The third kappa shape index (κ3) is 3.37. The number of carbonyl (C=O) groups is 3. The Morgan fingerprint density at radius 2 is 1.96 bits per heavy atom. The van der Waals surface area contributed by atoms with Crippen molar-refractivity contribution in [3.05, 3.63) is 29.0 Å². The summed E-state index contributed by atoms with van der Waals surface area (Å²) in [6, 6.07) is 1.62. The van der Waals surface area contributed by atoms with E-state index in [0.717, 1.165) is 24.9 Å². The zero-order valence-electron chi connectivity index (χ0n) is 15.7. The van der Waals surface area contributed by atoms with Gasteiger partial charge in [-0.3, -0.25) is 14.4 Å². The summed E-state index contributed by atoms with van der Waals surface area (Å²) in [5.74, 6) is 0.593. The van der Waals surface area contributed by atoms with E-state index in [1.807, 2.05) is 4.57 Å². The van der Waals surface area contributed by atoms with Gasteiger partial charge in [0.25, 0.3) is 11.8 Å². The van der Waals surface area contributed by atoms with Crippen molar-refractivity contribution in [3.8, 4) is 0 Å². The lowest BCUT2D eigenvalue weighted by molar-refractivity contribution is -0.119. The molecule has 10 nitrogen and oxygen atoms in total. The molecule has 0 spiro atoms. The van der Waals surface area contributed by atoms with E-state index in [2.05, 4.69) is 15.5 Å². The fraction of sp³-hybridized carbons (Fsp3) is 0.500. The van der Waals surface area contributed by atoms with Gasteiger partial charge in [-0.1, -0.05) is 5.16 Å². The fourth-order valence-corrected chi connectivity index (χ4v) is 3.66. The third-order valence-electron chi connectivity index (χ3n) is 5.14. The number of aryl methyl sites for hydroxylation is 1. The minimum absolute atomic E-state index is 0.204. The summed E-state index contributed by atoms with van der Waals surface area (Å²) in [5, 5.41) is 6.46. The minimum atomic E-state index is -0.399. The van der Waals surface area contributed by atoms with Gasteiger partial charge in [-0.05, 0) is 26.2 Å². The number of piperazine rings is 1. The van der Waals surface area contributed by atoms with Crippen LogP contribution in [0.1, 0.15) is 45.4 Å². The molecule has 1 saturated heterocycles. The first-order valence-corrected chi connectivity index (χ1v) is 9.39. The molecular formula is C18H22N6O4. The zero-order chi connectivity index (χ0) is 19.7. The average Bonchev–Trinajstić information content (AvgIpc) is 3.31. The predicted octanol–water partition coefficient (Wildman–Crippen LogP) is 0.682. The lowest BCUT2D eigenvalue weighted by Gasteiger charge is -2.32. The molecule has 0 aromatic carbocycles. The number of fused-ring (bicyclic) bond motifs is 1. The quantitative estimate of drug-likeness (QED) is 0.773. The van der Waals surface area contributed by atoms with Crippen molar-refractivity contribution in [2.24, 2.45) is 0 Å². The number of amides is 3. The first-order chi connectivity index (χ1) is 13.6. The van der Waals surface area contributed by atoms with Crippen LogP contribution in [0.2, 0.25) is 0 Å². The van der Waals surface area contributed by atoms with Crippen molar-refractivity contribution < 1.29 is 18.9 Å². The molecule has 2 aliphatic heterocycles. The van der Waals surface area contributed by atoms with Crippen molar-refractivity contribution in [1.82, 2.24) is 24.5 Å². The van der Waals surface area contributed by atoms with E-state index >= 15 is 0 Å². The lowest BCUT2D eigenvalue weighted by atomic mass is 10.1. The van der Waals surface area contributed by atoms with Gasteiger partial charge in [0.2, 0.25) is 6.41 Å². The highest BCUT2D eigenvalue weighted by Crippen LogP contribution is 2.23. The predicted molar refractivity (Wildman–Crippen MR) is 97.9 cm³/mol. The molecule has 4 heterocycles. The molecule has 10 heteroatoms. The SMILES string of the molecule is Cc1cc(NC(=O)c2nc(C(=O)N3CCN(C=O)CC3)n3c2CCCC3)no1. The van der Waals surface area contributed by atoms with E-state index in [9.17, 15) is 14.4 Å². The molecule has 2 aromatic heterocycles. The summed E-state index contributed by atoms with van der Waals surface area (Å²) >= 11 is 0. The number of rotatable bonds is 4. The monoisotopic (exact) mass is 386 g/mol. The minimum Gasteiger partial charge on any atom is -0.360 e. The third-order valence-corrected chi connectivity index (χ3v) is 5.14. The molecule has 28 heavy (non-hydrogen) atoms. The van der Waals surface area contributed by atoms with E-state index < -0.39 is 5.91 Å². The van der Waals surface area contributed by atoms with Crippen LogP contribution in [0.5, 0.6) is 0 Å². The van der Waals surface area contributed by atoms with Crippen LogP contribution in [0.4, 0.5) is 5.82 Å². The number of imidazole rings is 1. The maximum Gasteiger partial charge on any atom is 0.290 e. The Morgan fingerprint density at radius 3 is 2.64 bits per heavy atom. The number of carbonyl (C=O) groups excluding carboxylic acids is 3. The molecule has 4 rings (SSSR count). The van der Waals surface area contributed by atoms with Gasteiger partial charge in [0.1, 0.15) is 5.76 Å². The van der Waals surface area contributed by atoms with Crippen LogP contribution in [0, 0.1) is 6.92 Å². The van der Waals surface area contributed by atoms with E-state index in [1.165, 1.54) is 0 Å². The summed E-state index contributed by atoms with van der Waals surface area (Å²) in [4.78, 5) is 44.4. The molecule has 1 N–H and O–H groups in total. The highest BCUT2D eigenvalue weighted by atomic mass is 16.5. The van der Waals surface area contributed by atoms with Crippen molar-refractivity contribution in [3.63, 3.8) is 0 Å². The Kier molecular flexibility index (Phi) is 4.84. The number of nitrogens with zero attached hydrogens (tertiary/aromatic N) is 5. The Hall–Kier alpha value is -3.17. The number of aromatic nitrogens is 3. The zero-order valence-corrected chi connectivity index (χ0v) is 15.7. The number of anilines is 1. The van der Waals surface area contributed by atoms with Gasteiger partial charge < -0.3 is 24.2 Å². The molecule has 0 unspecified atom stereocenters. The molecule has 0 aliphatic carbocycles. The van der Waals surface area contributed by atoms with Gasteiger partial charge >= 0.3 is 0 Å². The van der Waals surface area contributed by atoms with Crippen LogP contribution in [0.15, 0.2) is 10.6 Å². The molecule has 2 aliphatic rings. The second-order valence-electron chi connectivity index (χ2n) is 7.05. The highest BCUT2D eigenvalue weighted by molar-refractivity contribution is 6.04. The number of nitrogens with one attached hydrogen (secondary N) is 1.